The number of benzene rings is 8. The third-order valence-electron chi connectivity index (χ3n) is 11.3. The lowest BCUT2D eigenvalue weighted by atomic mass is 9.67. The summed E-state index contributed by atoms with van der Waals surface area (Å²) in [5.41, 5.74) is 11.4. The second-order valence-electron chi connectivity index (χ2n) is 14.5. The second kappa shape index (κ2) is 13.4. The first kappa shape index (κ1) is 32.9. The van der Waals surface area contributed by atoms with E-state index in [-0.39, 0.29) is 0 Å². The van der Waals surface area contributed by atoms with E-state index >= 15 is 0 Å². The zero-order chi connectivity index (χ0) is 37.8. The van der Waals surface area contributed by atoms with Gasteiger partial charge in [-0.3, -0.25) is 0 Å². The molecule has 5 heteroatoms. The SMILES string of the molecule is c1ccc(C2=NC(c3cccc4c3Oc3cc5c(cc3O4)-c3ccccc3C5(c3ccccc3)c3ccccc3)N=C(c3ccccc3-c3ccccc3)N2)cc1. The van der Waals surface area contributed by atoms with Gasteiger partial charge in [0.2, 0.25) is 0 Å². The first-order chi connectivity index (χ1) is 28.3. The summed E-state index contributed by atoms with van der Waals surface area (Å²) >= 11 is 0. The van der Waals surface area contributed by atoms with Gasteiger partial charge in [0.15, 0.2) is 29.2 Å². The van der Waals surface area contributed by atoms with Crippen molar-refractivity contribution < 1.29 is 9.47 Å². The molecule has 0 amide bonds. The van der Waals surface area contributed by atoms with E-state index in [1.54, 1.807) is 0 Å². The maximum atomic E-state index is 7.04. The number of para-hydroxylation sites is 1. The van der Waals surface area contributed by atoms with Crippen LogP contribution in [0.1, 0.15) is 45.1 Å². The van der Waals surface area contributed by atoms with E-state index in [9.17, 15) is 0 Å². The van der Waals surface area contributed by atoms with Crippen LogP contribution in [-0.4, -0.2) is 11.7 Å². The lowest BCUT2D eigenvalue weighted by molar-refractivity contribution is 0.354. The van der Waals surface area contributed by atoms with E-state index in [1.165, 1.54) is 22.3 Å². The van der Waals surface area contributed by atoms with Gasteiger partial charge in [-0.05, 0) is 62.7 Å². The van der Waals surface area contributed by atoms with Crippen LogP contribution in [0.25, 0.3) is 22.3 Å². The van der Waals surface area contributed by atoms with Crippen LogP contribution in [0.15, 0.2) is 210 Å². The van der Waals surface area contributed by atoms with Gasteiger partial charge in [0.05, 0.1) is 5.41 Å². The minimum absolute atomic E-state index is 0.568. The number of nitrogens with zero attached hydrogens (tertiary/aromatic N) is 2. The number of hydrogen-bond acceptors (Lipinski definition) is 5. The van der Waals surface area contributed by atoms with Crippen LogP contribution in [0.2, 0.25) is 0 Å². The van der Waals surface area contributed by atoms with Crippen molar-refractivity contribution in [1.82, 2.24) is 5.32 Å². The molecule has 0 spiro atoms. The number of ether oxygens (including phenoxy) is 2. The molecule has 3 aliphatic rings. The Balaban J connectivity index is 1.07. The molecule has 2 heterocycles. The summed E-state index contributed by atoms with van der Waals surface area (Å²) in [4.78, 5) is 10.6. The summed E-state index contributed by atoms with van der Waals surface area (Å²) in [5.74, 6) is 4.01. The molecule has 270 valence electrons. The Hall–Kier alpha value is -7.50. The van der Waals surface area contributed by atoms with Crippen molar-refractivity contribution in [3.63, 3.8) is 0 Å². The quantitative estimate of drug-likeness (QED) is 0.185. The number of aliphatic imine (C=N–C) groups is 2. The lowest BCUT2D eigenvalue weighted by Crippen LogP contribution is -2.36. The Kier molecular flexibility index (Phi) is 7.71. The fourth-order valence-electron chi connectivity index (χ4n) is 8.79. The maximum absolute atomic E-state index is 7.04. The van der Waals surface area contributed by atoms with Crippen molar-refractivity contribution in [2.24, 2.45) is 9.98 Å². The van der Waals surface area contributed by atoms with Gasteiger partial charge in [0, 0.05) is 16.7 Å². The highest BCUT2D eigenvalue weighted by atomic mass is 16.6. The van der Waals surface area contributed by atoms with Crippen LogP contribution in [0.3, 0.4) is 0 Å². The van der Waals surface area contributed by atoms with Crippen LogP contribution >= 0.6 is 0 Å². The molecule has 11 rings (SSSR count). The molecule has 1 aliphatic carbocycles. The first-order valence-electron chi connectivity index (χ1n) is 19.3. The van der Waals surface area contributed by atoms with E-state index in [2.05, 4.69) is 163 Å². The zero-order valence-electron chi connectivity index (χ0n) is 30.8. The average Bonchev–Trinajstić information content (AvgIpc) is 3.58. The van der Waals surface area contributed by atoms with E-state index in [4.69, 9.17) is 19.5 Å². The third-order valence-corrected chi connectivity index (χ3v) is 11.3. The summed E-state index contributed by atoms with van der Waals surface area (Å²) in [6.07, 6.45) is -0.619. The van der Waals surface area contributed by atoms with E-state index in [1.807, 2.05) is 42.5 Å². The average molecular weight is 734 g/mol. The van der Waals surface area contributed by atoms with Gasteiger partial charge < -0.3 is 14.8 Å². The first-order valence-corrected chi connectivity index (χ1v) is 19.3. The van der Waals surface area contributed by atoms with Crippen molar-refractivity contribution in [2.45, 2.75) is 11.6 Å². The molecule has 0 bridgehead atoms. The number of amidine groups is 2. The summed E-state index contributed by atoms with van der Waals surface area (Å²) < 4.78 is 13.8. The van der Waals surface area contributed by atoms with Gasteiger partial charge in [-0.2, -0.15) is 0 Å². The van der Waals surface area contributed by atoms with E-state index in [0.717, 1.165) is 50.6 Å². The molecule has 0 fully saturated rings. The Morgan fingerprint density at radius 2 is 0.965 bits per heavy atom. The number of hydrogen-bond donors (Lipinski definition) is 1. The predicted molar refractivity (Wildman–Crippen MR) is 228 cm³/mol. The largest absolute Gasteiger partial charge is 0.449 e. The van der Waals surface area contributed by atoms with Crippen LogP contribution < -0.4 is 14.8 Å². The normalized spacial score (nSPS) is 15.6. The molecule has 0 saturated heterocycles. The smallest absolute Gasteiger partial charge is 0.177 e. The lowest BCUT2D eigenvalue weighted by Gasteiger charge is -2.34. The number of nitrogens with one attached hydrogen (secondary N) is 1. The molecule has 8 aromatic carbocycles. The predicted octanol–water partition coefficient (Wildman–Crippen LogP) is 12.1. The Morgan fingerprint density at radius 1 is 0.404 bits per heavy atom. The van der Waals surface area contributed by atoms with Crippen LogP contribution in [0.4, 0.5) is 0 Å². The summed E-state index contributed by atoms with van der Waals surface area (Å²) in [6, 6.07) is 69.6. The minimum atomic E-state index is -0.619. The monoisotopic (exact) mass is 733 g/mol. The van der Waals surface area contributed by atoms with Gasteiger partial charge in [0.25, 0.3) is 0 Å². The highest BCUT2D eigenvalue weighted by molar-refractivity contribution is 6.17. The Morgan fingerprint density at radius 3 is 1.67 bits per heavy atom. The fraction of sp³-hybridized carbons (Fsp3) is 0.0385. The standard InChI is InChI=1S/C52H35N3O2/c1-5-18-34(19-6-1)38-26-13-14-28-40(38)50-53-49(35-20-7-2-8-21-35)54-51(55-50)41-29-17-31-45-48(41)57-47-33-44-42(32-46(47)56-45)39-27-15-16-30-43(39)52(44,36-22-9-3-10-23-36)37-24-11-4-12-25-37/h1-33,51H,(H,53,54,55). The molecule has 0 radical (unpaired) electrons. The molecule has 0 saturated carbocycles. The van der Waals surface area contributed by atoms with Crippen molar-refractivity contribution in [3.05, 3.63) is 239 Å². The van der Waals surface area contributed by atoms with Crippen LogP contribution in [0.5, 0.6) is 23.0 Å². The van der Waals surface area contributed by atoms with Gasteiger partial charge in [0.1, 0.15) is 11.7 Å². The van der Waals surface area contributed by atoms with Gasteiger partial charge in [-0.15, -0.1) is 0 Å². The van der Waals surface area contributed by atoms with Gasteiger partial charge in [-0.1, -0.05) is 182 Å². The second-order valence-corrected chi connectivity index (χ2v) is 14.5. The third kappa shape index (κ3) is 5.31. The molecular formula is C52H35N3O2. The fourth-order valence-corrected chi connectivity index (χ4v) is 8.79. The van der Waals surface area contributed by atoms with E-state index < -0.39 is 11.6 Å². The highest BCUT2D eigenvalue weighted by Gasteiger charge is 2.47. The van der Waals surface area contributed by atoms with Crippen molar-refractivity contribution in [1.29, 1.82) is 0 Å². The summed E-state index contributed by atoms with van der Waals surface area (Å²) in [7, 11) is 0. The molecule has 0 aromatic heterocycles. The molecule has 5 nitrogen and oxygen atoms in total. The topological polar surface area (TPSA) is 55.2 Å². The van der Waals surface area contributed by atoms with Crippen molar-refractivity contribution in [2.75, 3.05) is 0 Å². The molecule has 1 atom stereocenters. The molecule has 57 heavy (non-hydrogen) atoms. The maximum Gasteiger partial charge on any atom is 0.177 e. The molecule has 1 unspecified atom stereocenters. The molecule has 8 aromatic rings. The van der Waals surface area contributed by atoms with Crippen molar-refractivity contribution in [3.8, 4) is 45.3 Å². The summed E-state index contributed by atoms with van der Waals surface area (Å²) in [5, 5.41) is 3.60. The highest BCUT2D eigenvalue weighted by Crippen LogP contribution is 2.60. The molecule has 1 N–H and O–H groups in total. The van der Waals surface area contributed by atoms with Crippen LogP contribution in [-0.2, 0) is 5.41 Å². The van der Waals surface area contributed by atoms with Gasteiger partial charge in [-0.25, -0.2) is 9.98 Å². The number of fused-ring (bicyclic) bond motifs is 5. The minimum Gasteiger partial charge on any atom is -0.449 e. The van der Waals surface area contributed by atoms with Crippen LogP contribution in [0, 0.1) is 0 Å². The van der Waals surface area contributed by atoms with Gasteiger partial charge >= 0.3 is 0 Å². The Labute approximate surface area is 331 Å². The summed E-state index contributed by atoms with van der Waals surface area (Å²) in [6.45, 7) is 0. The van der Waals surface area contributed by atoms with Crippen molar-refractivity contribution >= 4 is 11.7 Å². The molecule has 2 aliphatic heterocycles. The molecular weight excluding hydrogens is 699 g/mol. The zero-order valence-corrected chi connectivity index (χ0v) is 30.8. The van der Waals surface area contributed by atoms with E-state index in [0.29, 0.717) is 23.0 Å². The Bertz CT molecular complexity index is 2830. The number of rotatable bonds is 6.